The summed E-state index contributed by atoms with van der Waals surface area (Å²) in [5.74, 6) is 1.13. The van der Waals surface area contributed by atoms with Gasteiger partial charge in [0.05, 0.1) is 0 Å². The highest BCUT2D eigenvalue weighted by molar-refractivity contribution is 5.12. The number of nitrogens with zero attached hydrogens (tertiary/aromatic N) is 3. The van der Waals surface area contributed by atoms with Crippen molar-refractivity contribution in [3.05, 3.63) is 11.6 Å². The summed E-state index contributed by atoms with van der Waals surface area (Å²) in [6.07, 6.45) is 1.19. The lowest BCUT2D eigenvalue weighted by molar-refractivity contribution is 0.290. The third-order valence-corrected chi connectivity index (χ3v) is 1.96. The molecule has 4 heteroatoms. The van der Waals surface area contributed by atoms with Gasteiger partial charge >= 0.3 is 0 Å². The van der Waals surface area contributed by atoms with Gasteiger partial charge in [-0.05, 0) is 19.8 Å². The molecule has 0 bridgehead atoms. The van der Waals surface area contributed by atoms with Crippen LogP contribution in [-0.4, -0.2) is 14.8 Å². The molecule has 60 valence electrons. The second kappa shape index (κ2) is 1.81. The lowest BCUT2D eigenvalue weighted by Crippen LogP contribution is -2.07. The molecule has 0 N–H and O–H groups in total. The smallest absolute Gasteiger partial charge is 0.170 e. The topological polar surface area (TPSA) is 30.7 Å². The fourth-order valence-corrected chi connectivity index (χ4v) is 1.24. The summed E-state index contributed by atoms with van der Waals surface area (Å²) in [4.78, 5) is 4.02. The minimum Gasteiger partial charge on any atom is -0.250 e. The summed E-state index contributed by atoms with van der Waals surface area (Å²) in [5.41, 5.74) is -1.16. The van der Waals surface area contributed by atoms with Crippen LogP contribution in [0.2, 0.25) is 0 Å². The van der Waals surface area contributed by atoms with Crippen molar-refractivity contribution in [1.82, 2.24) is 14.8 Å². The van der Waals surface area contributed by atoms with Crippen molar-refractivity contribution in [1.29, 1.82) is 0 Å². The van der Waals surface area contributed by atoms with E-state index in [1.54, 1.807) is 14.0 Å². The largest absolute Gasteiger partial charge is 0.250 e. The van der Waals surface area contributed by atoms with E-state index in [2.05, 4.69) is 10.1 Å². The molecule has 1 heterocycles. The maximum atomic E-state index is 13.4. The van der Waals surface area contributed by atoms with Crippen LogP contribution in [0.4, 0.5) is 4.39 Å². The Hall–Kier alpha value is -0.930. The number of aromatic nitrogens is 3. The second-order valence-corrected chi connectivity index (χ2v) is 3.07. The van der Waals surface area contributed by atoms with Crippen LogP contribution in [0.25, 0.3) is 0 Å². The first kappa shape index (κ1) is 6.76. The summed E-state index contributed by atoms with van der Waals surface area (Å²) >= 11 is 0. The number of aryl methyl sites for hydroxylation is 2. The van der Waals surface area contributed by atoms with Crippen LogP contribution in [0, 0.1) is 6.92 Å². The summed E-state index contributed by atoms with van der Waals surface area (Å²) in [6.45, 7) is 1.77. The van der Waals surface area contributed by atoms with E-state index < -0.39 is 5.67 Å². The Morgan fingerprint density at radius 2 is 2.18 bits per heavy atom. The van der Waals surface area contributed by atoms with Crippen molar-refractivity contribution in [3.63, 3.8) is 0 Å². The molecule has 11 heavy (non-hydrogen) atoms. The van der Waals surface area contributed by atoms with Crippen molar-refractivity contribution in [2.24, 2.45) is 7.05 Å². The van der Waals surface area contributed by atoms with E-state index in [4.69, 9.17) is 0 Å². The summed E-state index contributed by atoms with van der Waals surface area (Å²) < 4.78 is 14.9. The average molecular weight is 155 g/mol. The van der Waals surface area contributed by atoms with E-state index in [9.17, 15) is 4.39 Å². The van der Waals surface area contributed by atoms with E-state index in [-0.39, 0.29) is 0 Å². The van der Waals surface area contributed by atoms with Gasteiger partial charge in [0.1, 0.15) is 5.82 Å². The molecule has 2 rings (SSSR count). The van der Waals surface area contributed by atoms with Gasteiger partial charge in [0.15, 0.2) is 11.5 Å². The number of hydrogen-bond acceptors (Lipinski definition) is 2. The highest BCUT2D eigenvalue weighted by atomic mass is 19.1. The molecule has 0 aliphatic heterocycles. The Labute approximate surface area is 64.2 Å². The highest BCUT2D eigenvalue weighted by Gasteiger charge is 2.49. The minimum atomic E-state index is -1.16. The zero-order valence-corrected chi connectivity index (χ0v) is 6.63. The molecule has 3 nitrogen and oxygen atoms in total. The molecule has 0 spiro atoms. The summed E-state index contributed by atoms with van der Waals surface area (Å²) in [5, 5.41) is 3.98. The molecule has 1 aromatic rings. The zero-order chi connectivity index (χ0) is 8.06. The van der Waals surface area contributed by atoms with Gasteiger partial charge < -0.3 is 0 Å². The van der Waals surface area contributed by atoms with Gasteiger partial charge in [-0.1, -0.05) is 0 Å². The molecule has 1 aliphatic carbocycles. The predicted molar refractivity (Wildman–Crippen MR) is 37.8 cm³/mol. The lowest BCUT2D eigenvalue weighted by Gasteiger charge is -2.00. The number of hydrogen-bond donors (Lipinski definition) is 0. The molecular formula is C7H10FN3. The Balaban J connectivity index is 2.44. The molecule has 0 amide bonds. The monoisotopic (exact) mass is 155 g/mol. The predicted octanol–water partition coefficient (Wildman–Crippen LogP) is 1.08. The number of alkyl halides is 1. The zero-order valence-electron chi connectivity index (χ0n) is 6.63. The van der Waals surface area contributed by atoms with Gasteiger partial charge in [-0.2, -0.15) is 5.10 Å². The quantitative estimate of drug-likeness (QED) is 0.607. The third kappa shape index (κ3) is 0.931. The van der Waals surface area contributed by atoms with Crippen molar-refractivity contribution >= 4 is 0 Å². The van der Waals surface area contributed by atoms with E-state index >= 15 is 0 Å². The third-order valence-electron chi connectivity index (χ3n) is 1.96. The van der Waals surface area contributed by atoms with Crippen LogP contribution in [-0.2, 0) is 12.7 Å². The molecule has 1 aliphatic rings. The molecular weight excluding hydrogens is 145 g/mol. The van der Waals surface area contributed by atoms with Gasteiger partial charge in [0, 0.05) is 7.05 Å². The van der Waals surface area contributed by atoms with Gasteiger partial charge in [0.2, 0.25) is 0 Å². The number of halogens is 1. The minimum absolute atomic E-state index is 0.481. The molecule has 1 fully saturated rings. The van der Waals surface area contributed by atoms with Crippen molar-refractivity contribution in [3.8, 4) is 0 Å². The van der Waals surface area contributed by atoms with E-state index in [1.165, 1.54) is 4.68 Å². The molecule has 1 aromatic heterocycles. The fourth-order valence-electron chi connectivity index (χ4n) is 1.24. The van der Waals surface area contributed by atoms with Crippen molar-refractivity contribution in [2.75, 3.05) is 0 Å². The van der Waals surface area contributed by atoms with Crippen molar-refractivity contribution in [2.45, 2.75) is 25.4 Å². The van der Waals surface area contributed by atoms with Crippen molar-refractivity contribution < 1.29 is 4.39 Å². The molecule has 1 saturated carbocycles. The van der Waals surface area contributed by atoms with Gasteiger partial charge in [0.25, 0.3) is 0 Å². The maximum Gasteiger partial charge on any atom is 0.170 e. The van der Waals surface area contributed by atoms with E-state index in [0.717, 1.165) is 0 Å². The summed E-state index contributed by atoms with van der Waals surface area (Å²) in [7, 11) is 1.73. The van der Waals surface area contributed by atoms with Crippen LogP contribution < -0.4 is 0 Å². The van der Waals surface area contributed by atoms with E-state index in [0.29, 0.717) is 24.5 Å². The SMILES string of the molecule is Cc1nc(C2(F)CC2)n(C)n1. The molecule has 0 atom stereocenters. The first-order chi connectivity index (χ1) is 5.12. The lowest BCUT2D eigenvalue weighted by atomic mass is 10.3. The van der Waals surface area contributed by atoms with Gasteiger partial charge in [-0.15, -0.1) is 0 Å². The molecule has 0 unspecified atom stereocenters. The Morgan fingerprint density at radius 3 is 2.55 bits per heavy atom. The van der Waals surface area contributed by atoms with Crippen LogP contribution >= 0.6 is 0 Å². The van der Waals surface area contributed by atoms with Gasteiger partial charge in [-0.25, -0.2) is 14.1 Å². The van der Waals surface area contributed by atoms with E-state index in [1.807, 2.05) is 0 Å². The van der Waals surface area contributed by atoms with Crippen LogP contribution in [0.15, 0.2) is 0 Å². The standard InChI is InChI=1S/C7H10FN3/c1-5-9-6(11(2)10-5)7(8)3-4-7/h3-4H2,1-2H3. The van der Waals surface area contributed by atoms with Crippen LogP contribution in [0.1, 0.15) is 24.5 Å². The molecule has 0 saturated heterocycles. The maximum absolute atomic E-state index is 13.4. The van der Waals surface area contributed by atoms with Gasteiger partial charge in [-0.3, -0.25) is 0 Å². The molecule has 0 radical (unpaired) electrons. The summed E-state index contributed by atoms with van der Waals surface area (Å²) in [6, 6.07) is 0. The number of rotatable bonds is 1. The second-order valence-electron chi connectivity index (χ2n) is 3.07. The first-order valence-electron chi connectivity index (χ1n) is 3.69. The fraction of sp³-hybridized carbons (Fsp3) is 0.714. The Kier molecular flexibility index (Phi) is 1.11. The van der Waals surface area contributed by atoms with Crippen LogP contribution in [0.3, 0.4) is 0 Å². The van der Waals surface area contributed by atoms with Crippen LogP contribution in [0.5, 0.6) is 0 Å². The normalized spacial score (nSPS) is 20.3. The Bertz CT molecular complexity index is 288. The first-order valence-corrected chi connectivity index (χ1v) is 3.69. The average Bonchev–Trinajstić information content (AvgIpc) is 2.55. The Morgan fingerprint density at radius 1 is 1.55 bits per heavy atom. The molecule has 0 aromatic carbocycles. The highest BCUT2D eigenvalue weighted by Crippen LogP contribution is 2.48.